The summed E-state index contributed by atoms with van der Waals surface area (Å²) < 4.78 is 11.4. The van der Waals surface area contributed by atoms with E-state index in [-0.39, 0.29) is 5.60 Å². The third kappa shape index (κ3) is 2.88. The van der Waals surface area contributed by atoms with Gasteiger partial charge in [0.05, 0.1) is 6.54 Å². The molecular formula is C17H21NO2. The first kappa shape index (κ1) is 13.3. The van der Waals surface area contributed by atoms with Crippen molar-refractivity contribution in [3.63, 3.8) is 0 Å². The Morgan fingerprint density at radius 1 is 1.15 bits per heavy atom. The van der Waals surface area contributed by atoms with E-state index < -0.39 is 0 Å². The lowest BCUT2D eigenvalue weighted by Crippen LogP contribution is -2.24. The SMILES string of the molecule is Cc1ccc(CNCc2ccc3c(c2)CC(C)(C)O3)o1. The summed E-state index contributed by atoms with van der Waals surface area (Å²) in [4.78, 5) is 0. The second-order valence-corrected chi connectivity index (χ2v) is 6.10. The first-order valence-electron chi connectivity index (χ1n) is 7.09. The highest BCUT2D eigenvalue weighted by Gasteiger charge is 2.29. The first-order chi connectivity index (χ1) is 9.52. The summed E-state index contributed by atoms with van der Waals surface area (Å²) in [6.45, 7) is 7.82. The van der Waals surface area contributed by atoms with E-state index in [0.717, 1.165) is 36.8 Å². The van der Waals surface area contributed by atoms with Gasteiger partial charge in [0.15, 0.2) is 0 Å². The Morgan fingerprint density at radius 3 is 2.75 bits per heavy atom. The lowest BCUT2D eigenvalue weighted by molar-refractivity contribution is 0.138. The molecule has 1 aromatic carbocycles. The normalized spacial score (nSPS) is 15.9. The number of furan rings is 1. The Bertz CT molecular complexity index is 613. The van der Waals surface area contributed by atoms with E-state index in [9.17, 15) is 0 Å². The Morgan fingerprint density at radius 2 is 2.00 bits per heavy atom. The molecule has 3 heteroatoms. The van der Waals surface area contributed by atoms with Crippen molar-refractivity contribution in [2.45, 2.75) is 45.9 Å². The van der Waals surface area contributed by atoms with Crippen LogP contribution in [0.1, 0.15) is 36.5 Å². The molecule has 1 aliphatic rings. The first-order valence-corrected chi connectivity index (χ1v) is 7.09. The summed E-state index contributed by atoms with van der Waals surface area (Å²) in [5.41, 5.74) is 2.52. The van der Waals surface area contributed by atoms with Crippen molar-refractivity contribution in [3.8, 4) is 5.75 Å². The van der Waals surface area contributed by atoms with E-state index in [1.54, 1.807) is 0 Å². The molecule has 0 saturated heterocycles. The molecule has 20 heavy (non-hydrogen) atoms. The van der Waals surface area contributed by atoms with Gasteiger partial charge >= 0.3 is 0 Å². The molecule has 0 unspecified atom stereocenters. The lowest BCUT2D eigenvalue weighted by atomic mass is 10.0. The molecule has 3 rings (SSSR count). The molecule has 0 saturated carbocycles. The van der Waals surface area contributed by atoms with Crippen molar-refractivity contribution in [1.29, 1.82) is 0 Å². The highest BCUT2D eigenvalue weighted by atomic mass is 16.5. The summed E-state index contributed by atoms with van der Waals surface area (Å²) in [5.74, 6) is 2.97. The van der Waals surface area contributed by atoms with E-state index in [1.165, 1.54) is 11.1 Å². The molecule has 0 bridgehead atoms. The van der Waals surface area contributed by atoms with Crippen LogP contribution < -0.4 is 10.1 Å². The number of benzene rings is 1. The molecule has 1 N–H and O–H groups in total. The zero-order valence-electron chi connectivity index (χ0n) is 12.3. The van der Waals surface area contributed by atoms with Gasteiger partial charge in [-0.25, -0.2) is 0 Å². The van der Waals surface area contributed by atoms with Crippen LogP contribution in [-0.2, 0) is 19.5 Å². The van der Waals surface area contributed by atoms with Crippen LogP contribution in [0.2, 0.25) is 0 Å². The van der Waals surface area contributed by atoms with Crippen LogP contribution in [0.15, 0.2) is 34.7 Å². The summed E-state index contributed by atoms with van der Waals surface area (Å²) in [7, 11) is 0. The van der Waals surface area contributed by atoms with Crippen LogP contribution in [0, 0.1) is 6.92 Å². The fraction of sp³-hybridized carbons (Fsp3) is 0.412. The van der Waals surface area contributed by atoms with Crippen LogP contribution in [0.25, 0.3) is 0 Å². The second-order valence-electron chi connectivity index (χ2n) is 6.10. The van der Waals surface area contributed by atoms with Crippen LogP contribution >= 0.6 is 0 Å². The molecule has 1 aromatic heterocycles. The van der Waals surface area contributed by atoms with Crippen LogP contribution in [-0.4, -0.2) is 5.60 Å². The number of aryl methyl sites for hydroxylation is 1. The van der Waals surface area contributed by atoms with E-state index in [4.69, 9.17) is 9.15 Å². The minimum absolute atomic E-state index is 0.0694. The molecule has 0 amide bonds. The van der Waals surface area contributed by atoms with Crippen molar-refractivity contribution < 1.29 is 9.15 Å². The third-order valence-electron chi connectivity index (χ3n) is 3.55. The maximum atomic E-state index is 5.89. The fourth-order valence-corrected chi connectivity index (χ4v) is 2.68. The topological polar surface area (TPSA) is 34.4 Å². The van der Waals surface area contributed by atoms with Gasteiger partial charge in [-0.2, -0.15) is 0 Å². The molecule has 2 aromatic rings. The molecule has 0 aliphatic carbocycles. The summed E-state index contributed by atoms with van der Waals surface area (Å²) >= 11 is 0. The van der Waals surface area contributed by atoms with Crippen molar-refractivity contribution in [3.05, 3.63) is 53.0 Å². The molecule has 1 aliphatic heterocycles. The highest BCUT2D eigenvalue weighted by molar-refractivity contribution is 5.41. The zero-order valence-corrected chi connectivity index (χ0v) is 12.3. The van der Waals surface area contributed by atoms with Gasteiger partial charge in [-0.1, -0.05) is 12.1 Å². The van der Waals surface area contributed by atoms with Crippen LogP contribution in [0.3, 0.4) is 0 Å². The number of fused-ring (bicyclic) bond motifs is 1. The molecular weight excluding hydrogens is 250 g/mol. The standard InChI is InChI=1S/C17H21NO2/c1-12-4-6-15(19-12)11-18-10-13-5-7-16-14(8-13)9-17(2,3)20-16/h4-8,18H,9-11H2,1-3H3. The van der Waals surface area contributed by atoms with E-state index in [1.807, 2.05) is 19.1 Å². The van der Waals surface area contributed by atoms with Gasteiger partial charge in [0.1, 0.15) is 22.9 Å². The zero-order chi connectivity index (χ0) is 14.2. The van der Waals surface area contributed by atoms with Gasteiger partial charge in [-0.15, -0.1) is 0 Å². The summed E-state index contributed by atoms with van der Waals surface area (Å²) in [5, 5.41) is 3.41. The second kappa shape index (κ2) is 4.98. The monoisotopic (exact) mass is 271 g/mol. The Balaban J connectivity index is 1.59. The van der Waals surface area contributed by atoms with Gasteiger partial charge < -0.3 is 14.5 Å². The van der Waals surface area contributed by atoms with E-state index >= 15 is 0 Å². The average molecular weight is 271 g/mol. The Labute approximate surface area is 119 Å². The van der Waals surface area contributed by atoms with Gasteiger partial charge in [-0.05, 0) is 50.1 Å². The van der Waals surface area contributed by atoms with Crippen LogP contribution in [0.4, 0.5) is 0 Å². The fourth-order valence-electron chi connectivity index (χ4n) is 2.68. The predicted octanol–water partition coefficient (Wildman–Crippen LogP) is 3.59. The number of hydrogen-bond donors (Lipinski definition) is 1. The molecule has 0 fully saturated rings. The van der Waals surface area contributed by atoms with Crippen molar-refractivity contribution >= 4 is 0 Å². The average Bonchev–Trinajstić information content (AvgIpc) is 2.90. The van der Waals surface area contributed by atoms with Gasteiger partial charge in [0.25, 0.3) is 0 Å². The molecule has 2 heterocycles. The Hall–Kier alpha value is -1.74. The lowest BCUT2D eigenvalue weighted by Gasteiger charge is -2.16. The number of ether oxygens (including phenoxy) is 1. The number of rotatable bonds is 4. The maximum Gasteiger partial charge on any atom is 0.123 e. The smallest absolute Gasteiger partial charge is 0.123 e. The summed E-state index contributed by atoms with van der Waals surface area (Å²) in [6.07, 6.45) is 0.980. The molecule has 0 atom stereocenters. The molecule has 3 nitrogen and oxygen atoms in total. The third-order valence-corrected chi connectivity index (χ3v) is 3.55. The highest BCUT2D eigenvalue weighted by Crippen LogP contribution is 2.35. The predicted molar refractivity (Wildman–Crippen MR) is 78.8 cm³/mol. The van der Waals surface area contributed by atoms with E-state index in [0.29, 0.717) is 0 Å². The largest absolute Gasteiger partial charge is 0.487 e. The molecule has 0 radical (unpaired) electrons. The molecule has 106 valence electrons. The maximum absolute atomic E-state index is 5.89. The van der Waals surface area contributed by atoms with Gasteiger partial charge in [0.2, 0.25) is 0 Å². The Kier molecular flexibility index (Phi) is 3.30. The quantitative estimate of drug-likeness (QED) is 0.922. The minimum atomic E-state index is -0.0694. The molecule has 0 spiro atoms. The van der Waals surface area contributed by atoms with Gasteiger partial charge in [-0.3, -0.25) is 0 Å². The van der Waals surface area contributed by atoms with E-state index in [2.05, 4.69) is 37.4 Å². The number of nitrogens with one attached hydrogen (secondary N) is 1. The number of hydrogen-bond acceptors (Lipinski definition) is 3. The summed E-state index contributed by atoms with van der Waals surface area (Å²) in [6, 6.07) is 10.5. The van der Waals surface area contributed by atoms with Gasteiger partial charge in [0, 0.05) is 13.0 Å². The van der Waals surface area contributed by atoms with Crippen molar-refractivity contribution in [1.82, 2.24) is 5.32 Å². The van der Waals surface area contributed by atoms with Crippen molar-refractivity contribution in [2.75, 3.05) is 0 Å². The minimum Gasteiger partial charge on any atom is -0.487 e. The van der Waals surface area contributed by atoms with Crippen molar-refractivity contribution in [2.24, 2.45) is 0 Å². The van der Waals surface area contributed by atoms with Crippen LogP contribution in [0.5, 0.6) is 5.75 Å².